The van der Waals surface area contributed by atoms with Crippen molar-refractivity contribution in [3.8, 4) is 0 Å². The largest absolute Gasteiger partial charge is 0.406 e. The smallest absolute Gasteiger partial charge is 0.296 e. The molecule has 3 rings (SSSR count). The van der Waals surface area contributed by atoms with E-state index in [0.717, 1.165) is 29.8 Å². The highest BCUT2D eigenvalue weighted by Gasteiger charge is 2.50. The highest BCUT2D eigenvalue weighted by molar-refractivity contribution is 7.89. The number of alkyl halides is 3. The highest BCUT2D eigenvalue weighted by Crippen LogP contribution is 2.33. The van der Waals surface area contributed by atoms with E-state index in [-0.39, 0.29) is 25.3 Å². The lowest BCUT2D eigenvalue weighted by Crippen LogP contribution is -2.60. The van der Waals surface area contributed by atoms with Gasteiger partial charge in [-0.25, -0.2) is 8.42 Å². The molecule has 1 unspecified atom stereocenters. The normalized spacial score (nSPS) is 19.2. The number of benzene rings is 2. The van der Waals surface area contributed by atoms with Gasteiger partial charge in [0, 0.05) is 38.3 Å². The molecule has 0 radical (unpaired) electrons. The quantitative estimate of drug-likeness (QED) is 0.539. The van der Waals surface area contributed by atoms with Crippen LogP contribution in [0.2, 0.25) is 0 Å². The molecule has 0 amide bonds. The Bertz CT molecular complexity index is 966. The number of halogens is 3. The number of piperazine rings is 1. The fourth-order valence-corrected chi connectivity index (χ4v) is 4.83. The van der Waals surface area contributed by atoms with E-state index in [1.165, 1.54) is 0 Å². The Morgan fingerprint density at radius 2 is 1.66 bits per heavy atom. The Morgan fingerprint density at radius 1 is 1.03 bits per heavy atom. The summed E-state index contributed by atoms with van der Waals surface area (Å²) in [6.45, 7) is -0.423. The van der Waals surface area contributed by atoms with Gasteiger partial charge in [-0.3, -0.25) is 15.0 Å². The van der Waals surface area contributed by atoms with E-state index >= 15 is 0 Å². The van der Waals surface area contributed by atoms with Crippen LogP contribution in [0.15, 0.2) is 59.5 Å². The molecule has 0 bridgehead atoms. The average molecular weight is 429 g/mol. The third kappa shape index (κ3) is 4.74. The molecule has 1 aliphatic rings. The van der Waals surface area contributed by atoms with Crippen molar-refractivity contribution < 1.29 is 26.5 Å². The number of nitrogens with zero attached hydrogens (tertiary/aromatic N) is 3. The highest BCUT2D eigenvalue weighted by atomic mass is 32.2. The minimum atomic E-state index is -4.76. The second kappa shape index (κ2) is 8.09. The van der Waals surface area contributed by atoms with E-state index < -0.39 is 38.6 Å². The molecule has 1 aliphatic heterocycles. The first-order valence-electron chi connectivity index (χ1n) is 8.68. The topological polar surface area (TPSA) is 83.8 Å². The van der Waals surface area contributed by atoms with Crippen molar-refractivity contribution in [1.82, 2.24) is 9.21 Å². The van der Waals surface area contributed by atoms with E-state index in [2.05, 4.69) is 0 Å². The zero-order valence-electron chi connectivity index (χ0n) is 15.1. The molecule has 0 aromatic heterocycles. The third-order valence-electron chi connectivity index (χ3n) is 4.70. The van der Waals surface area contributed by atoms with Gasteiger partial charge >= 0.3 is 6.18 Å². The van der Waals surface area contributed by atoms with E-state index in [4.69, 9.17) is 0 Å². The van der Waals surface area contributed by atoms with E-state index in [1.54, 1.807) is 35.2 Å². The minimum Gasteiger partial charge on any atom is -0.296 e. The Kier molecular flexibility index (Phi) is 5.92. The maximum Gasteiger partial charge on any atom is 0.406 e. The number of nitro groups is 1. The standard InChI is InChI=1S/C18H18F3N3O4S/c19-18(20,21)17-13-22(12-14-4-2-1-3-5-14)10-11-23(17)29(27,28)16-8-6-15(7-9-16)24(25)26/h1-9,17H,10-13H2. The molecule has 2 aromatic carbocycles. The molecule has 7 nitrogen and oxygen atoms in total. The van der Waals surface area contributed by atoms with Crippen molar-refractivity contribution in [3.63, 3.8) is 0 Å². The number of rotatable bonds is 5. The van der Waals surface area contributed by atoms with E-state index in [1.807, 2.05) is 0 Å². The summed E-state index contributed by atoms with van der Waals surface area (Å²) in [7, 11) is -4.47. The fraction of sp³-hybridized carbons (Fsp3) is 0.333. The van der Waals surface area contributed by atoms with Crippen molar-refractivity contribution in [2.45, 2.75) is 23.7 Å². The zero-order valence-corrected chi connectivity index (χ0v) is 15.9. The average Bonchev–Trinajstić information content (AvgIpc) is 2.68. The molecular weight excluding hydrogens is 411 g/mol. The van der Waals surface area contributed by atoms with Gasteiger partial charge in [-0.1, -0.05) is 30.3 Å². The van der Waals surface area contributed by atoms with Gasteiger partial charge in [-0.05, 0) is 17.7 Å². The van der Waals surface area contributed by atoms with Crippen LogP contribution in [0.3, 0.4) is 0 Å². The van der Waals surface area contributed by atoms with Crippen molar-refractivity contribution in [1.29, 1.82) is 0 Å². The fourth-order valence-electron chi connectivity index (χ4n) is 3.24. The molecule has 2 aromatic rings. The van der Waals surface area contributed by atoms with E-state index in [0.29, 0.717) is 4.31 Å². The van der Waals surface area contributed by atoms with Crippen LogP contribution in [-0.2, 0) is 16.6 Å². The third-order valence-corrected chi connectivity index (χ3v) is 6.62. The van der Waals surface area contributed by atoms with Gasteiger partial charge in [-0.2, -0.15) is 17.5 Å². The van der Waals surface area contributed by atoms with Crippen LogP contribution in [0.4, 0.5) is 18.9 Å². The SMILES string of the molecule is O=[N+]([O-])c1ccc(S(=O)(=O)N2CCN(Cc3ccccc3)CC2C(F)(F)F)cc1. The van der Waals surface area contributed by atoms with Crippen LogP contribution in [0.5, 0.6) is 0 Å². The molecular formula is C18H18F3N3O4S. The molecule has 29 heavy (non-hydrogen) atoms. The summed E-state index contributed by atoms with van der Waals surface area (Å²) in [6, 6.07) is 10.6. The summed E-state index contributed by atoms with van der Waals surface area (Å²) >= 11 is 0. The van der Waals surface area contributed by atoms with Crippen LogP contribution in [-0.4, -0.2) is 54.4 Å². The second-order valence-corrected chi connectivity index (χ2v) is 8.54. The number of nitro benzene ring substituents is 1. The molecule has 1 saturated heterocycles. The van der Waals surface area contributed by atoms with Crippen LogP contribution in [0.1, 0.15) is 5.56 Å². The Labute approximate surface area is 165 Å². The molecule has 1 fully saturated rings. The van der Waals surface area contributed by atoms with Crippen molar-refractivity contribution in [3.05, 3.63) is 70.3 Å². The zero-order chi connectivity index (χ0) is 21.2. The minimum absolute atomic E-state index is 0.133. The first kappa shape index (κ1) is 21.2. The molecule has 1 heterocycles. The Morgan fingerprint density at radius 3 is 2.21 bits per heavy atom. The predicted octanol–water partition coefficient (Wildman–Crippen LogP) is 3.03. The Balaban J connectivity index is 1.84. The molecule has 11 heteroatoms. The maximum atomic E-state index is 13.7. The summed E-state index contributed by atoms with van der Waals surface area (Å²) in [6.07, 6.45) is -4.76. The van der Waals surface area contributed by atoms with Crippen LogP contribution >= 0.6 is 0 Å². The monoisotopic (exact) mass is 429 g/mol. The van der Waals surface area contributed by atoms with Crippen molar-refractivity contribution >= 4 is 15.7 Å². The number of hydrogen-bond donors (Lipinski definition) is 0. The van der Waals surface area contributed by atoms with Crippen LogP contribution in [0, 0.1) is 10.1 Å². The second-order valence-electron chi connectivity index (χ2n) is 6.64. The predicted molar refractivity (Wildman–Crippen MR) is 98.6 cm³/mol. The summed E-state index contributed by atoms with van der Waals surface area (Å²) in [5.41, 5.74) is 0.490. The summed E-state index contributed by atoms with van der Waals surface area (Å²) < 4.78 is 67.2. The van der Waals surface area contributed by atoms with Gasteiger partial charge in [0.1, 0.15) is 6.04 Å². The number of sulfonamides is 1. The lowest BCUT2D eigenvalue weighted by molar-refractivity contribution is -0.384. The van der Waals surface area contributed by atoms with Crippen LogP contribution < -0.4 is 0 Å². The van der Waals surface area contributed by atoms with Gasteiger partial charge in [0.25, 0.3) is 5.69 Å². The van der Waals surface area contributed by atoms with Gasteiger partial charge in [-0.15, -0.1) is 0 Å². The van der Waals surface area contributed by atoms with E-state index in [9.17, 15) is 31.7 Å². The molecule has 1 atom stereocenters. The molecule has 0 spiro atoms. The lowest BCUT2D eigenvalue weighted by atomic mass is 10.1. The molecule has 0 N–H and O–H groups in total. The van der Waals surface area contributed by atoms with Crippen LogP contribution in [0.25, 0.3) is 0 Å². The van der Waals surface area contributed by atoms with Gasteiger partial charge in [0.05, 0.1) is 9.82 Å². The van der Waals surface area contributed by atoms with Gasteiger partial charge < -0.3 is 0 Å². The van der Waals surface area contributed by atoms with Crippen molar-refractivity contribution in [2.24, 2.45) is 0 Å². The molecule has 0 saturated carbocycles. The van der Waals surface area contributed by atoms with Gasteiger partial charge in [0.15, 0.2) is 0 Å². The van der Waals surface area contributed by atoms with Gasteiger partial charge in [0.2, 0.25) is 10.0 Å². The lowest BCUT2D eigenvalue weighted by Gasteiger charge is -2.41. The van der Waals surface area contributed by atoms with Crippen molar-refractivity contribution in [2.75, 3.05) is 19.6 Å². The number of non-ortho nitro benzene ring substituents is 1. The summed E-state index contributed by atoms with van der Waals surface area (Å²) in [5, 5.41) is 10.7. The summed E-state index contributed by atoms with van der Waals surface area (Å²) in [4.78, 5) is 11.2. The first-order chi connectivity index (χ1) is 13.6. The maximum absolute atomic E-state index is 13.7. The first-order valence-corrected chi connectivity index (χ1v) is 10.1. The molecule has 0 aliphatic carbocycles. The summed E-state index contributed by atoms with van der Waals surface area (Å²) in [5.74, 6) is 0. The Hall–Kier alpha value is -2.50. The molecule has 156 valence electrons. The number of hydrogen-bond acceptors (Lipinski definition) is 5.